The first-order chi connectivity index (χ1) is 11.2. The topological polar surface area (TPSA) is 26.3 Å². The number of ether oxygens (including phenoxy) is 1. The molecule has 134 valence electrons. The molecule has 0 N–H and O–H groups in total. The first-order valence-corrected chi connectivity index (χ1v) is 10.3. The Kier molecular flexibility index (Phi) is 8.47. The third-order valence-corrected chi connectivity index (χ3v) is 6.11. The van der Waals surface area contributed by atoms with Crippen LogP contribution in [0.1, 0.15) is 96.8 Å². The SMILES string of the molecule is CCCCC[C@@H]1CC1CC1C[C@H]1CCCCCCCC(=O)OC. The van der Waals surface area contributed by atoms with Crippen LogP contribution in [0.2, 0.25) is 0 Å². The van der Waals surface area contributed by atoms with Crippen LogP contribution in [0.25, 0.3) is 0 Å². The van der Waals surface area contributed by atoms with E-state index in [0.29, 0.717) is 6.42 Å². The molecule has 23 heavy (non-hydrogen) atoms. The van der Waals surface area contributed by atoms with Gasteiger partial charge in [0.2, 0.25) is 0 Å². The standard InChI is InChI=1S/C21H38O2/c1-3-4-8-11-17-14-19(17)16-20-15-18(20)12-9-6-5-7-10-13-21(22)23-2/h17-20H,3-16H2,1-2H3/t17-,18-,19?,20?/m1/s1. The molecule has 0 spiro atoms. The monoisotopic (exact) mass is 322 g/mol. The minimum atomic E-state index is -0.0566. The molecule has 2 nitrogen and oxygen atoms in total. The van der Waals surface area contributed by atoms with Gasteiger partial charge in [-0.3, -0.25) is 4.79 Å². The Bertz CT molecular complexity index is 339. The normalized spacial score (nSPS) is 28.6. The van der Waals surface area contributed by atoms with Crippen molar-refractivity contribution in [2.75, 3.05) is 7.11 Å². The highest BCUT2D eigenvalue weighted by Gasteiger charge is 2.44. The second-order valence-electron chi connectivity index (χ2n) is 8.13. The Morgan fingerprint density at radius 3 is 2.00 bits per heavy atom. The molecule has 2 aliphatic rings. The van der Waals surface area contributed by atoms with E-state index in [1.807, 2.05) is 0 Å². The van der Waals surface area contributed by atoms with Crippen molar-refractivity contribution in [3.05, 3.63) is 0 Å². The van der Waals surface area contributed by atoms with Crippen molar-refractivity contribution in [1.29, 1.82) is 0 Å². The lowest BCUT2D eigenvalue weighted by Gasteiger charge is -2.03. The summed E-state index contributed by atoms with van der Waals surface area (Å²) in [6.07, 6.45) is 18.7. The molecule has 2 rings (SSSR count). The molecule has 0 aromatic rings. The van der Waals surface area contributed by atoms with E-state index in [1.54, 1.807) is 12.8 Å². The summed E-state index contributed by atoms with van der Waals surface area (Å²) in [6.45, 7) is 2.30. The zero-order valence-electron chi connectivity index (χ0n) is 15.5. The summed E-state index contributed by atoms with van der Waals surface area (Å²) in [4.78, 5) is 11.0. The highest BCUT2D eigenvalue weighted by Crippen LogP contribution is 2.54. The molecule has 2 fully saturated rings. The van der Waals surface area contributed by atoms with Gasteiger partial charge < -0.3 is 4.74 Å². The van der Waals surface area contributed by atoms with E-state index >= 15 is 0 Å². The molecule has 0 amide bonds. The number of hydrogen-bond acceptors (Lipinski definition) is 2. The van der Waals surface area contributed by atoms with Crippen LogP contribution in [0.5, 0.6) is 0 Å². The zero-order chi connectivity index (χ0) is 16.5. The molecule has 0 aromatic carbocycles. The summed E-state index contributed by atoms with van der Waals surface area (Å²) >= 11 is 0. The minimum Gasteiger partial charge on any atom is -0.469 e. The van der Waals surface area contributed by atoms with Crippen molar-refractivity contribution < 1.29 is 9.53 Å². The Hall–Kier alpha value is -0.530. The largest absolute Gasteiger partial charge is 0.469 e. The molecule has 4 atom stereocenters. The summed E-state index contributed by atoms with van der Waals surface area (Å²) in [5.74, 6) is 4.33. The predicted octanol–water partition coefficient (Wildman–Crippen LogP) is 6.13. The predicted molar refractivity (Wildman–Crippen MR) is 96.3 cm³/mol. The lowest BCUT2D eigenvalue weighted by atomic mass is 10.0. The molecular weight excluding hydrogens is 284 g/mol. The average Bonchev–Trinajstić information content (AvgIpc) is 3.46. The third kappa shape index (κ3) is 7.72. The number of carbonyl (C=O) groups is 1. The van der Waals surface area contributed by atoms with Crippen molar-refractivity contribution >= 4 is 5.97 Å². The van der Waals surface area contributed by atoms with E-state index in [0.717, 1.165) is 30.1 Å². The van der Waals surface area contributed by atoms with Gasteiger partial charge in [-0.15, -0.1) is 0 Å². The van der Waals surface area contributed by atoms with Crippen LogP contribution in [-0.4, -0.2) is 13.1 Å². The van der Waals surface area contributed by atoms with E-state index in [9.17, 15) is 4.79 Å². The molecule has 2 aliphatic carbocycles. The fourth-order valence-corrected chi connectivity index (χ4v) is 4.26. The summed E-state index contributed by atoms with van der Waals surface area (Å²) in [5, 5.41) is 0. The zero-order valence-corrected chi connectivity index (χ0v) is 15.5. The van der Waals surface area contributed by atoms with Gasteiger partial charge in [-0.25, -0.2) is 0 Å². The van der Waals surface area contributed by atoms with Gasteiger partial charge in [-0.05, 0) is 49.4 Å². The van der Waals surface area contributed by atoms with Gasteiger partial charge in [0.05, 0.1) is 7.11 Å². The smallest absolute Gasteiger partial charge is 0.305 e. The van der Waals surface area contributed by atoms with Crippen LogP contribution >= 0.6 is 0 Å². The quantitative estimate of drug-likeness (QED) is 0.284. The van der Waals surface area contributed by atoms with Crippen molar-refractivity contribution in [3.8, 4) is 0 Å². The van der Waals surface area contributed by atoms with E-state index in [1.165, 1.54) is 71.3 Å². The number of unbranched alkanes of at least 4 members (excludes halogenated alkanes) is 6. The fourth-order valence-electron chi connectivity index (χ4n) is 4.26. The average molecular weight is 323 g/mol. The molecule has 0 radical (unpaired) electrons. The highest BCUT2D eigenvalue weighted by molar-refractivity contribution is 5.68. The van der Waals surface area contributed by atoms with E-state index in [-0.39, 0.29) is 5.97 Å². The Morgan fingerprint density at radius 1 is 0.826 bits per heavy atom. The maximum atomic E-state index is 11.0. The summed E-state index contributed by atoms with van der Waals surface area (Å²) in [5.41, 5.74) is 0. The van der Waals surface area contributed by atoms with E-state index < -0.39 is 0 Å². The van der Waals surface area contributed by atoms with E-state index in [2.05, 4.69) is 11.7 Å². The number of methoxy groups -OCH3 is 1. The van der Waals surface area contributed by atoms with Crippen molar-refractivity contribution in [2.24, 2.45) is 23.7 Å². The van der Waals surface area contributed by atoms with Crippen LogP contribution < -0.4 is 0 Å². The Balaban J connectivity index is 1.35. The number of rotatable bonds is 14. The lowest BCUT2D eigenvalue weighted by Crippen LogP contribution is -1.99. The molecule has 0 saturated heterocycles. The van der Waals surface area contributed by atoms with Gasteiger partial charge in [0.25, 0.3) is 0 Å². The molecule has 2 saturated carbocycles. The first kappa shape index (κ1) is 18.8. The number of hydrogen-bond donors (Lipinski definition) is 0. The van der Waals surface area contributed by atoms with Gasteiger partial charge >= 0.3 is 5.97 Å². The van der Waals surface area contributed by atoms with Gasteiger partial charge in [0.15, 0.2) is 0 Å². The summed E-state index contributed by atoms with van der Waals surface area (Å²) in [7, 11) is 1.48. The molecule has 0 heterocycles. The number of carbonyl (C=O) groups excluding carboxylic acids is 1. The second-order valence-corrected chi connectivity index (χ2v) is 8.13. The molecule has 2 unspecified atom stereocenters. The maximum absolute atomic E-state index is 11.0. The van der Waals surface area contributed by atoms with Crippen LogP contribution in [0.15, 0.2) is 0 Å². The molecule has 0 aromatic heterocycles. The third-order valence-electron chi connectivity index (χ3n) is 6.11. The molecule has 0 aliphatic heterocycles. The van der Waals surface area contributed by atoms with Crippen LogP contribution in [0, 0.1) is 23.7 Å². The van der Waals surface area contributed by atoms with Crippen LogP contribution in [0.4, 0.5) is 0 Å². The Labute approximate surface area is 143 Å². The maximum Gasteiger partial charge on any atom is 0.305 e. The summed E-state index contributed by atoms with van der Waals surface area (Å²) in [6, 6.07) is 0. The van der Waals surface area contributed by atoms with Gasteiger partial charge in [-0.2, -0.15) is 0 Å². The van der Waals surface area contributed by atoms with Gasteiger partial charge in [-0.1, -0.05) is 64.7 Å². The van der Waals surface area contributed by atoms with Gasteiger partial charge in [0, 0.05) is 6.42 Å². The van der Waals surface area contributed by atoms with Crippen molar-refractivity contribution in [1.82, 2.24) is 0 Å². The first-order valence-electron chi connectivity index (χ1n) is 10.3. The van der Waals surface area contributed by atoms with Crippen LogP contribution in [0.3, 0.4) is 0 Å². The van der Waals surface area contributed by atoms with Crippen LogP contribution in [-0.2, 0) is 9.53 Å². The highest BCUT2D eigenvalue weighted by atomic mass is 16.5. The summed E-state index contributed by atoms with van der Waals surface area (Å²) < 4.78 is 4.66. The number of esters is 1. The molecular formula is C21H38O2. The second kappa shape index (κ2) is 10.4. The molecule has 0 bridgehead atoms. The van der Waals surface area contributed by atoms with Gasteiger partial charge in [0.1, 0.15) is 0 Å². The van der Waals surface area contributed by atoms with E-state index in [4.69, 9.17) is 0 Å². The van der Waals surface area contributed by atoms with Crippen molar-refractivity contribution in [2.45, 2.75) is 96.8 Å². The van der Waals surface area contributed by atoms with Crippen molar-refractivity contribution in [3.63, 3.8) is 0 Å². The fraction of sp³-hybridized carbons (Fsp3) is 0.952. The minimum absolute atomic E-state index is 0.0566. The lowest BCUT2D eigenvalue weighted by molar-refractivity contribution is -0.140. The molecule has 2 heteroatoms. The Morgan fingerprint density at radius 2 is 1.39 bits per heavy atom.